The van der Waals surface area contributed by atoms with Gasteiger partial charge in [0.2, 0.25) is 0 Å². The summed E-state index contributed by atoms with van der Waals surface area (Å²) >= 11 is 0. The van der Waals surface area contributed by atoms with E-state index in [9.17, 15) is 0 Å². The van der Waals surface area contributed by atoms with Gasteiger partial charge in [0.25, 0.3) is 0 Å². The van der Waals surface area contributed by atoms with Crippen molar-refractivity contribution in [3.63, 3.8) is 0 Å². The van der Waals surface area contributed by atoms with Crippen LogP contribution in [-0.4, -0.2) is 4.98 Å². The second kappa shape index (κ2) is 5.19. The first-order valence-electron chi connectivity index (χ1n) is 3.75. The van der Waals surface area contributed by atoms with Crippen LogP contribution in [0.2, 0.25) is 0 Å². The topological polar surface area (TPSA) is 12.9 Å². The average Bonchev–Trinajstić information content (AvgIpc) is 2.05. The molecule has 1 rings (SSSR count). The maximum absolute atomic E-state index is 4.25. The van der Waals surface area contributed by atoms with Crippen molar-refractivity contribution in [2.24, 2.45) is 0 Å². The Labute approximate surface area is 75.3 Å². The molecule has 11 heavy (non-hydrogen) atoms. The first-order valence-corrected chi connectivity index (χ1v) is 3.75. The van der Waals surface area contributed by atoms with Crippen LogP contribution in [0.1, 0.15) is 31.9 Å². The summed E-state index contributed by atoms with van der Waals surface area (Å²) in [6, 6.07) is 6.06. The number of hydrogen-bond donors (Lipinski definition) is 0. The van der Waals surface area contributed by atoms with Crippen molar-refractivity contribution in [1.29, 1.82) is 0 Å². The van der Waals surface area contributed by atoms with Gasteiger partial charge in [-0.3, -0.25) is 4.98 Å². The van der Waals surface area contributed by atoms with E-state index in [-0.39, 0.29) is 13.5 Å². The zero-order valence-electron chi connectivity index (χ0n) is 7.04. The van der Waals surface area contributed by atoms with Gasteiger partial charge < -0.3 is 0 Å². The molecule has 1 aromatic heterocycles. The summed E-state index contributed by atoms with van der Waals surface area (Å²) in [4.78, 5) is 4.25. The van der Waals surface area contributed by atoms with Crippen molar-refractivity contribution >= 4 is 13.5 Å². The number of nitrogens with zero attached hydrogens (tertiary/aromatic N) is 1. The van der Waals surface area contributed by atoms with Gasteiger partial charge in [0.1, 0.15) is 0 Å². The van der Waals surface area contributed by atoms with Gasteiger partial charge in [-0.05, 0) is 24.5 Å². The fourth-order valence-electron chi connectivity index (χ4n) is 0.877. The molecule has 0 bridgehead atoms. The maximum atomic E-state index is 4.25. The van der Waals surface area contributed by atoms with Crippen molar-refractivity contribution in [2.75, 3.05) is 0 Å². The van der Waals surface area contributed by atoms with E-state index in [1.54, 1.807) is 0 Å². The Kier molecular flexibility index (Phi) is 4.95. The third-order valence-electron chi connectivity index (χ3n) is 1.81. The molecule has 1 atom stereocenters. The highest BCUT2D eigenvalue weighted by Gasteiger charge is 2.00. The minimum Gasteiger partial charge on any atom is -0.261 e. The van der Waals surface area contributed by atoms with Gasteiger partial charge in [0, 0.05) is 11.9 Å². The van der Waals surface area contributed by atoms with Gasteiger partial charge in [0.15, 0.2) is 0 Å². The van der Waals surface area contributed by atoms with Crippen molar-refractivity contribution in [3.05, 3.63) is 30.1 Å². The minimum absolute atomic E-state index is 0. The molecule has 0 saturated carbocycles. The first kappa shape index (κ1) is 10.5. The SMILES string of the molecule is CCC(C)c1ccccn1.S. The molecule has 1 heterocycles. The van der Waals surface area contributed by atoms with E-state index in [1.807, 2.05) is 18.3 Å². The number of hydrogen-bond acceptors (Lipinski definition) is 1. The molecule has 0 saturated heterocycles. The zero-order valence-corrected chi connectivity index (χ0v) is 8.04. The fraction of sp³-hybridized carbons (Fsp3) is 0.444. The van der Waals surface area contributed by atoms with Crippen LogP contribution < -0.4 is 0 Å². The van der Waals surface area contributed by atoms with Gasteiger partial charge in [0.05, 0.1) is 0 Å². The van der Waals surface area contributed by atoms with Crippen LogP contribution in [0.5, 0.6) is 0 Å². The van der Waals surface area contributed by atoms with Crippen LogP contribution in [0.3, 0.4) is 0 Å². The molecule has 0 aliphatic carbocycles. The Bertz CT molecular complexity index is 186. The van der Waals surface area contributed by atoms with E-state index in [4.69, 9.17) is 0 Å². The molecule has 2 heteroatoms. The Morgan fingerprint density at radius 1 is 1.45 bits per heavy atom. The standard InChI is InChI=1S/C9H13N.H2S/c1-3-8(2)9-6-4-5-7-10-9;/h4-8H,3H2,1-2H3;1H2. The van der Waals surface area contributed by atoms with Gasteiger partial charge in [-0.15, -0.1) is 0 Å². The number of pyridine rings is 1. The summed E-state index contributed by atoms with van der Waals surface area (Å²) in [6.45, 7) is 4.38. The van der Waals surface area contributed by atoms with E-state index in [1.165, 1.54) is 5.69 Å². The first-order chi connectivity index (χ1) is 4.84. The lowest BCUT2D eigenvalue weighted by Gasteiger charge is -2.05. The smallest absolute Gasteiger partial charge is 0.0431 e. The lowest BCUT2D eigenvalue weighted by molar-refractivity contribution is 0.708. The predicted molar refractivity (Wildman–Crippen MR) is 53.3 cm³/mol. The van der Waals surface area contributed by atoms with Crippen LogP contribution in [0.15, 0.2) is 24.4 Å². The summed E-state index contributed by atoms with van der Waals surface area (Å²) < 4.78 is 0. The Morgan fingerprint density at radius 2 is 2.18 bits per heavy atom. The molecule has 0 aromatic carbocycles. The molecule has 0 radical (unpaired) electrons. The molecule has 62 valence electrons. The monoisotopic (exact) mass is 169 g/mol. The number of aromatic nitrogens is 1. The molecule has 1 unspecified atom stereocenters. The molecular weight excluding hydrogens is 154 g/mol. The van der Waals surface area contributed by atoms with E-state index >= 15 is 0 Å². The highest BCUT2D eigenvalue weighted by molar-refractivity contribution is 7.59. The van der Waals surface area contributed by atoms with E-state index in [0.717, 1.165) is 6.42 Å². The second-order valence-electron chi connectivity index (χ2n) is 2.56. The number of rotatable bonds is 2. The van der Waals surface area contributed by atoms with Crippen LogP contribution in [0, 0.1) is 0 Å². The van der Waals surface area contributed by atoms with Crippen molar-refractivity contribution in [3.8, 4) is 0 Å². The van der Waals surface area contributed by atoms with Crippen molar-refractivity contribution < 1.29 is 0 Å². The summed E-state index contributed by atoms with van der Waals surface area (Å²) in [6.07, 6.45) is 3.01. The van der Waals surface area contributed by atoms with E-state index in [2.05, 4.69) is 24.9 Å². The van der Waals surface area contributed by atoms with E-state index < -0.39 is 0 Å². The molecule has 1 nitrogen and oxygen atoms in total. The van der Waals surface area contributed by atoms with Gasteiger partial charge >= 0.3 is 0 Å². The molecule has 0 amide bonds. The molecule has 0 fully saturated rings. The van der Waals surface area contributed by atoms with Crippen molar-refractivity contribution in [2.45, 2.75) is 26.2 Å². The zero-order chi connectivity index (χ0) is 7.40. The molecule has 0 aliphatic rings. The largest absolute Gasteiger partial charge is 0.261 e. The quantitative estimate of drug-likeness (QED) is 0.663. The highest BCUT2D eigenvalue weighted by atomic mass is 32.1. The molecule has 0 aliphatic heterocycles. The summed E-state index contributed by atoms with van der Waals surface area (Å²) in [5.74, 6) is 0.598. The molecule has 1 aromatic rings. The van der Waals surface area contributed by atoms with E-state index in [0.29, 0.717) is 5.92 Å². The Hall–Kier alpha value is -0.500. The van der Waals surface area contributed by atoms with Gasteiger partial charge in [-0.2, -0.15) is 13.5 Å². The van der Waals surface area contributed by atoms with Gasteiger partial charge in [-0.1, -0.05) is 19.9 Å². The van der Waals surface area contributed by atoms with Crippen LogP contribution in [0.4, 0.5) is 0 Å². The Morgan fingerprint density at radius 3 is 2.64 bits per heavy atom. The van der Waals surface area contributed by atoms with Crippen LogP contribution >= 0.6 is 13.5 Å². The lowest BCUT2D eigenvalue weighted by atomic mass is 10.1. The second-order valence-corrected chi connectivity index (χ2v) is 2.56. The van der Waals surface area contributed by atoms with Crippen LogP contribution in [-0.2, 0) is 0 Å². The minimum atomic E-state index is 0. The Balaban J connectivity index is 0.000001000. The maximum Gasteiger partial charge on any atom is 0.0431 e. The average molecular weight is 169 g/mol. The molecule has 0 spiro atoms. The highest BCUT2D eigenvalue weighted by Crippen LogP contribution is 2.14. The van der Waals surface area contributed by atoms with Crippen LogP contribution in [0.25, 0.3) is 0 Å². The fourth-order valence-corrected chi connectivity index (χ4v) is 0.877. The normalized spacial score (nSPS) is 11.8. The van der Waals surface area contributed by atoms with Crippen molar-refractivity contribution in [1.82, 2.24) is 4.98 Å². The van der Waals surface area contributed by atoms with Gasteiger partial charge in [-0.25, -0.2) is 0 Å². The molecular formula is C9H15NS. The molecule has 0 N–H and O–H groups in total. The predicted octanol–water partition coefficient (Wildman–Crippen LogP) is 2.71. The lowest BCUT2D eigenvalue weighted by Crippen LogP contribution is -1.93. The third kappa shape index (κ3) is 2.93. The summed E-state index contributed by atoms with van der Waals surface area (Å²) in [5.41, 5.74) is 1.20. The summed E-state index contributed by atoms with van der Waals surface area (Å²) in [5, 5.41) is 0. The third-order valence-corrected chi connectivity index (χ3v) is 1.81. The summed E-state index contributed by atoms with van der Waals surface area (Å²) in [7, 11) is 0.